The number of hydrogen-bond donors (Lipinski definition) is 1. The first kappa shape index (κ1) is 16.9. The maximum absolute atomic E-state index is 11.9. The predicted octanol–water partition coefficient (Wildman–Crippen LogP) is 0.00980. The predicted molar refractivity (Wildman–Crippen MR) is 72.4 cm³/mol. The molecule has 0 unspecified atom stereocenters. The zero-order valence-corrected chi connectivity index (χ0v) is 12.4. The van der Waals surface area contributed by atoms with Crippen LogP contribution >= 0.6 is 0 Å². The molecule has 0 aromatic rings. The van der Waals surface area contributed by atoms with E-state index in [9.17, 15) is 14.4 Å². The van der Waals surface area contributed by atoms with Crippen LogP contribution < -0.4 is 5.43 Å². The van der Waals surface area contributed by atoms with Gasteiger partial charge in [0.05, 0.1) is 32.2 Å². The Labute approximate surface area is 122 Å². The molecule has 8 nitrogen and oxygen atoms in total. The molecular weight excluding hydrogens is 280 g/mol. The molecule has 0 fully saturated rings. The van der Waals surface area contributed by atoms with Crippen LogP contribution in [0.4, 0.5) is 0 Å². The van der Waals surface area contributed by atoms with Crippen LogP contribution in [-0.2, 0) is 28.6 Å². The van der Waals surface area contributed by atoms with Gasteiger partial charge in [-0.3, -0.25) is 10.2 Å². The fourth-order valence-electron chi connectivity index (χ4n) is 1.93. The van der Waals surface area contributed by atoms with Crippen molar-refractivity contribution in [3.05, 3.63) is 0 Å². The van der Waals surface area contributed by atoms with E-state index in [-0.39, 0.29) is 32.0 Å². The molecule has 0 saturated carbocycles. The minimum Gasteiger partial charge on any atom is -0.466 e. The summed E-state index contributed by atoms with van der Waals surface area (Å²) in [5.41, 5.74) is 2.54. The summed E-state index contributed by atoms with van der Waals surface area (Å²) in [6.07, 6.45) is -0.151. The third-order valence-electron chi connectivity index (χ3n) is 2.79. The number of nitrogens with one attached hydrogen (secondary N) is 1. The van der Waals surface area contributed by atoms with Crippen molar-refractivity contribution in [2.24, 2.45) is 11.0 Å². The van der Waals surface area contributed by atoms with Crippen molar-refractivity contribution in [2.75, 3.05) is 19.8 Å². The average molecular weight is 300 g/mol. The third kappa shape index (κ3) is 4.44. The lowest BCUT2D eigenvalue weighted by Crippen LogP contribution is -2.41. The zero-order valence-electron chi connectivity index (χ0n) is 12.4. The maximum Gasteiger partial charge on any atom is 0.354 e. The maximum atomic E-state index is 11.9. The lowest BCUT2D eigenvalue weighted by Gasteiger charge is -2.17. The second-order valence-electron chi connectivity index (χ2n) is 4.19. The molecule has 0 spiro atoms. The summed E-state index contributed by atoms with van der Waals surface area (Å²) in [5, 5.41) is 3.82. The first-order valence-corrected chi connectivity index (χ1v) is 6.87. The molecule has 0 bridgehead atoms. The molecule has 0 aliphatic carbocycles. The highest BCUT2D eigenvalue weighted by atomic mass is 16.5. The molecule has 0 saturated heterocycles. The molecule has 0 radical (unpaired) electrons. The van der Waals surface area contributed by atoms with Gasteiger partial charge in [-0.15, -0.1) is 0 Å². The van der Waals surface area contributed by atoms with Crippen molar-refractivity contribution in [3.8, 4) is 0 Å². The average Bonchev–Trinajstić information content (AvgIpc) is 2.83. The number of carbonyl (C=O) groups excluding carboxylic acids is 3. The molecule has 1 heterocycles. The molecule has 118 valence electrons. The van der Waals surface area contributed by atoms with Crippen molar-refractivity contribution in [2.45, 2.75) is 33.2 Å². The molecule has 1 aliphatic heterocycles. The number of hydrazone groups is 1. The summed E-state index contributed by atoms with van der Waals surface area (Å²) in [6, 6.07) is -0.895. The highest BCUT2D eigenvalue weighted by Gasteiger charge is 2.43. The Balaban J connectivity index is 2.85. The van der Waals surface area contributed by atoms with E-state index in [1.54, 1.807) is 20.8 Å². The molecule has 21 heavy (non-hydrogen) atoms. The topological polar surface area (TPSA) is 103 Å². The van der Waals surface area contributed by atoms with Gasteiger partial charge in [-0.05, 0) is 20.8 Å². The number of nitrogens with zero attached hydrogens (tertiary/aromatic N) is 1. The van der Waals surface area contributed by atoms with Gasteiger partial charge in [0.2, 0.25) is 0 Å². The van der Waals surface area contributed by atoms with Crippen LogP contribution in [-0.4, -0.2) is 49.5 Å². The lowest BCUT2D eigenvalue weighted by molar-refractivity contribution is -0.147. The van der Waals surface area contributed by atoms with E-state index in [0.717, 1.165) is 0 Å². The van der Waals surface area contributed by atoms with E-state index < -0.39 is 29.9 Å². The van der Waals surface area contributed by atoms with Gasteiger partial charge in [0, 0.05) is 0 Å². The molecule has 0 aromatic carbocycles. The first-order valence-electron chi connectivity index (χ1n) is 6.87. The summed E-state index contributed by atoms with van der Waals surface area (Å²) < 4.78 is 14.6. The smallest absolute Gasteiger partial charge is 0.354 e. The summed E-state index contributed by atoms with van der Waals surface area (Å²) in [6.45, 7) is 5.58. The van der Waals surface area contributed by atoms with Crippen LogP contribution in [0.5, 0.6) is 0 Å². The van der Waals surface area contributed by atoms with Gasteiger partial charge in [-0.1, -0.05) is 0 Å². The molecule has 1 aliphatic rings. The number of esters is 3. The van der Waals surface area contributed by atoms with Gasteiger partial charge in [-0.2, -0.15) is 5.10 Å². The Morgan fingerprint density at radius 3 is 2.24 bits per heavy atom. The Morgan fingerprint density at radius 2 is 1.67 bits per heavy atom. The van der Waals surface area contributed by atoms with Gasteiger partial charge in [0.25, 0.3) is 0 Å². The van der Waals surface area contributed by atoms with Crippen LogP contribution in [0.3, 0.4) is 0 Å². The van der Waals surface area contributed by atoms with Gasteiger partial charge >= 0.3 is 17.9 Å². The van der Waals surface area contributed by atoms with Gasteiger partial charge in [0.15, 0.2) is 11.8 Å². The van der Waals surface area contributed by atoms with E-state index in [2.05, 4.69) is 10.5 Å². The van der Waals surface area contributed by atoms with Crippen molar-refractivity contribution in [1.29, 1.82) is 0 Å². The molecule has 1 rings (SSSR count). The van der Waals surface area contributed by atoms with Crippen LogP contribution in [0.2, 0.25) is 0 Å². The quantitative estimate of drug-likeness (QED) is 0.521. The Hall–Kier alpha value is -2.12. The third-order valence-corrected chi connectivity index (χ3v) is 2.79. The Bertz CT molecular complexity index is 434. The molecule has 0 aromatic heterocycles. The second-order valence-corrected chi connectivity index (χ2v) is 4.19. The monoisotopic (exact) mass is 300 g/mol. The second kappa shape index (κ2) is 8.23. The normalized spacial score (nSPS) is 20.2. The zero-order chi connectivity index (χ0) is 15.8. The van der Waals surface area contributed by atoms with Crippen LogP contribution in [0, 0.1) is 5.92 Å². The fraction of sp³-hybridized carbons (Fsp3) is 0.692. The summed E-state index contributed by atoms with van der Waals surface area (Å²) >= 11 is 0. The minimum atomic E-state index is -0.895. The van der Waals surface area contributed by atoms with Crippen LogP contribution in [0.25, 0.3) is 0 Å². The van der Waals surface area contributed by atoms with E-state index >= 15 is 0 Å². The first-order chi connectivity index (χ1) is 10.0. The molecule has 8 heteroatoms. The van der Waals surface area contributed by atoms with E-state index in [4.69, 9.17) is 14.2 Å². The fourth-order valence-corrected chi connectivity index (χ4v) is 1.93. The van der Waals surface area contributed by atoms with Gasteiger partial charge in [-0.25, -0.2) is 9.59 Å². The summed E-state index contributed by atoms with van der Waals surface area (Å²) in [5.74, 6) is -2.51. The standard InChI is InChI=1S/C13H20N2O6/c1-4-19-9(16)7-8-10(12(17)20-5-2)14-15-11(8)13(18)21-6-3/h8,10,14H,4-7H2,1-3H3/t8-,10-/m0/s1. The van der Waals surface area contributed by atoms with Crippen molar-refractivity contribution in [1.82, 2.24) is 5.43 Å². The van der Waals surface area contributed by atoms with Crippen molar-refractivity contribution < 1.29 is 28.6 Å². The molecule has 1 N–H and O–H groups in total. The molecular formula is C13H20N2O6. The Kier molecular flexibility index (Phi) is 6.64. The van der Waals surface area contributed by atoms with Crippen LogP contribution in [0.1, 0.15) is 27.2 Å². The van der Waals surface area contributed by atoms with E-state index in [1.165, 1.54) is 0 Å². The largest absolute Gasteiger partial charge is 0.466 e. The minimum absolute atomic E-state index is 0.00274. The number of ether oxygens (including phenoxy) is 3. The highest BCUT2D eigenvalue weighted by molar-refractivity contribution is 6.38. The number of carbonyl (C=O) groups is 3. The number of rotatable bonds is 7. The van der Waals surface area contributed by atoms with E-state index in [1.807, 2.05) is 0 Å². The summed E-state index contributed by atoms with van der Waals surface area (Å²) in [7, 11) is 0. The number of hydrogen-bond acceptors (Lipinski definition) is 8. The summed E-state index contributed by atoms with van der Waals surface area (Å²) in [4.78, 5) is 35.3. The molecule has 2 atom stereocenters. The lowest BCUT2D eigenvalue weighted by atomic mass is 9.92. The van der Waals surface area contributed by atoms with Crippen molar-refractivity contribution in [3.63, 3.8) is 0 Å². The van der Waals surface area contributed by atoms with E-state index in [0.29, 0.717) is 0 Å². The van der Waals surface area contributed by atoms with Gasteiger partial charge in [0.1, 0.15) is 0 Å². The van der Waals surface area contributed by atoms with Crippen molar-refractivity contribution >= 4 is 23.6 Å². The molecule has 0 amide bonds. The highest BCUT2D eigenvalue weighted by Crippen LogP contribution is 2.20. The SMILES string of the molecule is CCOC(=O)C[C@@H]1C(C(=O)OCC)=NN[C@@H]1C(=O)OCC. The Morgan fingerprint density at radius 1 is 1.05 bits per heavy atom. The van der Waals surface area contributed by atoms with Gasteiger partial charge < -0.3 is 14.2 Å². The van der Waals surface area contributed by atoms with Crippen LogP contribution in [0.15, 0.2) is 5.10 Å².